The molecular formula is C10H7Br2N3. The van der Waals surface area contributed by atoms with Crippen LogP contribution in [0.1, 0.15) is 0 Å². The van der Waals surface area contributed by atoms with Gasteiger partial charge in [-0.25, -0.2) is 9.97 Å². The molecule has 2 rings (SSSR count). The van der Waals surface area contributed by atoms with E-state index >= 15 is 0 Å². The first-order chi connectivity index (χ1) is 7.25. The first-order valence-electron chi connectivity index (χ1n) is 4.24. The van der Waals surface area contributed by atoms with Crippen LogP contribution in [0.4, 0.5) is 11.5 Å². The van der Waals surface area contributed by atoms with Crippen LogP contribution in [0.25, 0.3) is 0 Å². The lowest BCUT2D eigenvalue weighted by Crippen LogP contribution is -1.94. The fourth-order valence-corrected chi connectivity index (χ4v) is 1.66. The number of halogens is 2. The van der Waals surface area contributed by atoms with Crippen LogP contribution in [0.5, 0.6) is 0 Å². The quantitative estimate of drug-likeness (QED) is 0.912. The van der Waals surface area contributed by atoms with E-state index in [9.17, 15) is 0 Å². The maximum absolute atomic E-state index is 4.12. The van der Waals surface area contributed by atoms with Crippen LogP contribution < -0.4 is 5.32 Å². The zero-order valence-electron chi connectivity index (χ0n) is 7.61. The van der Waals surface area contributed by atoms with Gasteiger partial charge in [-0.1, -0.05) is 15.9 Å². The van der Waals surface area contributed by atoms with Crippen LogP contribution in [0, 0.1) is 0 Å². The third-order valence-electron chi connectivity index (χ3n) is 1.77. The van der Waals surface area contributed by atoms with Gasteiger partial charge in [0.15, 0.2) is 0 Å². The summed E-state index contributed by atoms with van der Waals surface area (Å²) in [5.74, 6) is 0.757. The molecule has 0 aliphatic rings. The molecule has 0 spiro atoms. The maximum atomic E-state index is 4.12. The second-order valence-corrected chi connectivity index (χ2v) is 4.62. The minimum absolute atomic E-state index is 0.757. The Morgan fingerprint density at radius 3 is 2.47 bits per heavy atom. The average Bonchev–Trinajstić information content (AvgIpc) is 2.25. The molecule has 0 amide bonds. The summed E-state index contributed by atoms with van der Waals surface area (Å²) < 4.78 is 1.89. The molecule has 1 N–H and O–H groups in total. The van der Waals surface area contributed by atoms with Crippen molar-refractivity contribution in [2.75, 3.05) is 5.32 Å². The van der Waals surface area contributed by atoms with Gasteiger partial charge in [-0.2, -0.15) is 0 Å². The number of hydrogen-bond donors (Lipinski definition) is 1. The normalized spacial score (nSPS) is 10.0. The summed E-state index contributed by atoms with van der Waals surface area (Å²) in [5.41, 5.74) is 0.984. The second-order valence-electron chi connectivity index (χ2n) is 2.85. The van der Waals surface area contributed by atoms with Crippen molar-refractivity contribution in [3.63, 3.8) is 0 Å². The minimum Gasteiger partial charge on any atom is -0.339 e. The van der Waals surface area contributed by atoms with E-state index in [2.05, 4.69) is 47.1 Å². The van der Waals surface area contributed by atoms with Crippen LogP contribution in [-0.4, -0.2) is 9.97 Å². The number of nitrogens with one attached hydrogen (secondary N) is 1. The zero-order valence-corrected chi connectivity index (χ0v) is 10.8. The second kappa shape index (κ2) is 4.72. The minimum atomic E-state index is 0.757. The van der Waals surface area contributed by atoms with E-state index in [1.807, 2.05) is 24.3 Å². The van der Waals surface area contributed by atoms with E-state index in [0.717, 1.165) is 20.5 Å². The first-order valence-corrected chi connectivity index (χ1v) is 5.82. The Bertz CT molecular complexity index is 456. The molecule has 0 bridgehead atoms. The maximum Gasteiger partial charge on any atom is 0.148 e. The van der Waals surface area contributed by atoms with Crippen molar-refractivity contribution < 1.29 is 0 Å². The molecule has 15 heavy (non-hydrogen) atoms. The lowest BCUT2D eigenvalue weighted by molar-refractivity contribution is 1.15. The van der Waals surface area contributed by atoms with E-state index in [1.54, 1.807) is 6.20 Å². The molecule has 0 atom stereocenters. The summed E-state index contributed by atoms with van der Waals surface area (Å²) in [6.45, 7) is 0. The van der Waals surface area contributed by atoms with Gasteiger partial charge in [0.25, 0.3) is 0 Å². The Hall–Kier alpha value is -0.940. The van der Waals surface area contributed by atoms with Gasteiger partial charge < -0.3 is 5.32 Å². The smallest absolute Gasteiger partial charge is 0.148 e. The van der Waals surface area contributed by atoms with Gasteiger partial charge in [-0.05, 0) is 40.2 Å². The molecule has 5 heteroatoms. The van der Waals surface area contributed by atoms with Gasteiger partial charge in [0.2, 0.25) is 0 Å². The number of aromatic nitrogens is 2. The molecule has 1 heterocycles. The molecule has 0 fully saturated rings. The fourth-order valence-electron chi connectivity index (χ4n) is 1.07. The Morgan fingerprint density at radius 1 is 1.07 bits per heavy atom. The largest absolute Gasteiger partial charge is 0.339 e. The third kappa shape index (κ3) is 2.76. The fraction of sp³-hybridized carbons (Fsp3) is 0. The van der Waals surface area contributed by atoms with Gasteiger partial charge in [0.1, 0.15) is 12.1 Å². The Balaban J connectivity index is 2.22. The Labute approximate surface area is 104 Å². The highest BCUT2D eigenvalue weighted by atomic mass is 79.9. The molecule has 1 aromatic heterocycles. The zero-order chi connectivity index (χ0) is 10.7. The number of hydrogen-bond acceptors (Lipinski definition) is 3. The highest BCUT2D eigenvalue weighted by molar-refractivity contribution is 9.10. The summed E-state index contributed by atoms with van der Waals surface area (Å²) in [5, 5.41) is 3.18. The molecule has 0 saturated carbocycles. The van der Waals surface area contributed by atoms with Crippen molar-refractivity contribution >= 4 is 43.4 Å². The van der Waals surface area contributed by atoms with Crippen molar-refractivity contribution in [2.24, 2.45) is 0 Å². The van der Waals surface area contributed by atoms with Gasteiger partial charge >= 0.3 is 0 Å². The van der Waals surface area contributed by atoms with E-state index in [-0.39, 0.29) is 0 Å². The highest BCUT2D eigenvalue weighted by Crippen LogP contribution is 2.22. The third-order valence-corrected chi connectivity index (χ3v) is 2.88. The van der Waals surface area contributed by atoms with Gasteiger partial charge in [-0.3, -0.25) is 0 Å². The molecule has 0 aliphatic carbocycles. The number of nitrogens with zero attached hydrogens (tertiary/aromatic N) is 2. The number of benzene rings is 1. The molecule has 0 aliphatic heterocycles. The summed E-state index contributed by atoms with van der Waals surface area (Å²) >= 11 is 6.75. The lowest BCUT2D eigenvalue weighted by Gasteiger charge is -2.06. The summed E-state index contributed by atoms with van der Waals surface area (Å²) in [4.78, 5) is 8.01. The number of anilines is 2. The summed E-state index contributed by atoms with van der Waals surface area (Å²) in [7, 11) is 0. The monoisotopic (exact) mass is 327 g/mol. The molecule has 0 unspecified atom stereocenters. The molecule has 1 aromatic carbocycles. The summed E-state index contributed by atoms with van der Waals surface area (Å²) in [6.07, 6.45) is 3.21. The predicted molar refractivity (Wildman–Crippen MR) is 67.2 cm³/mol. The van der Waals surface area contributed by atoms with Crippen LogP contribution >= 0.6 is 31.9 Å². The molecule has 0 radical (unpaired) electrons. The van der Waals surface area contributed by atoms with E-state index in [4.69, 9.17) is 0 Å². The van der Waals surface area contributed by atoms with Crippen LogP contribution in [0.3, 0.4) is 0 Å². The number of rotatable bonds is 2. The van der Waals surface area contributed by atoms with Gasteiger partial charge in [-0.15, -0.1) is 0 Å². The van der Waals surface area contributed by atoms with E-state index in [0.29, 0.717) is 0 Å². The van der Waals surface area contributed by atoms with Crippen molar-refractivity contribution in [1.82, 2.24) is 9.97 Å². The molecule has 76 valence electrons. The lowest BCUT2D eigenvalue weighted by atomic mass is 10.3. The highest BCUT2D eigenvalue weighted by Gasteiger charge is 2.00. The summed E-state index contributed by atoms with van der Waals surface area (Å²) in [6, 6.07) is 7.88. The van der Waals surface area contributed by atoms with E-state index < -0.39 is 0 Å². The molecule has 2 aromatic rings. The molecule has 3 nitrogen and oxygen atoms in total. The van der Waals surface area contributed by atoms with Crippen LogP contribution in [0.15, 0.2) is 45.7 Å². The first kappa shape index (κ1) is 10.6. The Morgan fingerprint density at radius 2 is 1.80 bits per heavy atom. The average molecular weight is 329 g/mol. The van der Waals surface area contributed by atoms with Crippen molar-refractivity contribution in [1.29, 1.82) is 0 Å². The van der Waals surface area contributed by atoms with Crippen LogP contribution in [-0.2, 0) is 0 Å². The van der Waals surface area contributed by atoms with Crippen molar-refractivity contribution in [3.05, 3.63) is 45.7 Å². The predicted octanol–water partition coefficient (Wildman–Crippen LogP) is 3.75. The van der Waals surface area contributed by atoms with Crippen LogP contribution in [0.2, 0.25) is 0 Å². The van der Waals surface area contributed by atoms with Gasteiger partial charge in [0.05, 0.1) is 4.47 Å². The van der Waals surface area contributed by atoms with Gasteiger partial charge in [0, 0.05) is 16.4 Å². The van der Waals surface area contributed by atoms with E-state index in [1.165, 1.54) is 6.33 Å². The molecular weight excluding hydrogens is 322 g/mol. The topological polar surface area (TPSA) is 37.8 Å². The Kier molecular flexibility index (Phi) is 3.33. The SMILES string of the molecule is Brc1ccc(Nc2ncncc2Br)cc1. The standard InChI is InChI=1S/C10H7Br2N3/c11-7-1-3-8(4-2-7)15-10-9(12)5-13-6-14-10/h1-6H,(H,13,14,15). The van der Waals surface area contributed by atoms with Crippen molar-refractivity contribution in [2.45, 2.75) is 0 Å². The molecule has 0 saturated heterocycles. The van der Waals surface area contributed by atoms with Crippen molar-refractivity contribution in [3.8, 4) is 0 Å².